The van der Waals surface area contributed by atoms with Crippen molar-refractivity contribution in [3.8, 4) is 0 Å². The Morgan fingerprint density at radius 3 is 2.84 bits per heavy atom. The predicted molar refractivity (Wildman–Crippen MR) is 95.0 cm³/mol. The molecule has 3 rings (SSSR count). The highest BCUT2D eigenvalue weighted by Crippen LogP contribution is 2.26. The number of aromatic nitrogens is 1. The number of para-hydroxylation sites is 1. The zero-order valence-electron chi connectivity index (χ0n) is 14.6. The summed E-state index contributed by atoms with van der Waals surface area (Å²) in [6, 6.07) is 7.76. The fourth-order valence-corrected chi connectivity index (χ4v) is 3.57. The highest BCUT2D eigenvalue weighted by Gasteiger charge is 2.26. The van der Waals surface area contributed by atoms with E-state index in [1.807, 2.05) is 31.2 Å². The van der Waals surface area contributed by atoms with Gasteiger partial charge in [-0.3, -0.25) is 14.7 Å². The number of carbonyl (C=O) groups is 2. The van der Waals surface area contributed by atoms with Gasteiger partial charge < -0.3 is 10.5 Å². The number of methoxy groups -OCH3 is 1. The third-order valence-corrected chi connectivity index (χ3v) is 4.90. The summed E-state index contributed by atoms with van der Waals surface area (Å²) in [6.45, 7) is 3.88. The molecule has 2 N–H and O–H groups in total. The Balaban J connectivity index is 1.99. The van der Waals surface area contributed by atoms with E-state index in [9.17, 15) is 9.59 Å². The number of rotatable bonds is 4. The molecule has 0 spiro atoms. The van der Waals surface area contributed by atoms with Crippen LogP contribution in [0.3, 0.4) is 0 Å². The molecule has 2 aromatic rings. The van der Waals surface area contributed by atoms with E-state index in [0.29, 0.717) is 24.3 Å². The Labute approximate surface area is 147 Å². The van der Waals surface area contributed by atoms with E-state index < -0.39 is 0 Å². The summed E-state index contributed by atoms with van der Waals surface area (Å²) in [7, 11) is 1.38. The first kappa shape index (κ1) is 17.4. The number of hydrogen-bond acceptors (Lipinski definition) is 5. The third-order valence-electron chi connectivity index (χ3n) is 4.90. The minimum Gasteiger partial charge on any atom is -0.465 e. The minimum atomic E-state index is -0.380. The molecule has 0 radical (unpaired) electrons. The van der Waals surface area contributed by atoms with Gasteiger partial charge in [-0.05, 0) is 37.9 Å². The standard InChI is InChI=1S/C19H23N3O3/c1-12-14-7-3-4-8-15(14)21-16(17(12)19(24)25-2)11-22-9-5-6-13(10-22)18(20)23/h3-4,7-8,13H,5-6,9-11H2,1-2H3,(H2,20,23)/t13-/m0/s1. The average Bonchev–Trinajstić information content (AvgIpc) is 2.61. The van der Waals surface area contributed by atoms with Crippen molar-refractivity contribution in [2.45, 2.75) is 26.3 Å². The average molecular weight is 341 g/mol. The van der Waals surface area contributed by atoms with Crippen molar-refractivity contribution in [2.24, 2.45) is 11.7 Å². The van der Waals surface area contributed by atoms with E-state index in [2.05, 4.69) is 4.90 Å². The topological polar surface area (TPSA) is 85.5 Å². The number of piperidine rings is 1. The first-order valence-corrected chi connectivity index (χ1v) is 8.49. The van der Waals surface area contributed by atoms with Crippen LogP contribution in [0, 0.1) is 12.8 Å². The maximum atomic E-state index is 12.4. The van der Waals surface area contributed by atoms with Gasteiger partial charge in [0, 0.05) is 18.5 Å². The van der Waals surface area contributed by atoms with Gasteiger partial charge in [-0.25, -0.2) is 4.79 Å². The number of hydrogen-bond donors (Lipinski definition) is 1. The molecule has 1 aromatic heterocycles. The largest absolute Gasteiger partial charge is 0.465 e. The smallest absolute Gasteiger partial charge is 0.340 e. The monoisotopic (exact) mass is 341 g/mol. The van der Waals surface area contributed by atoms with Crippen LogP contribution >= 0.6 is 0 Å². The number of ether oxygens (including phenoxy) is 1. The van der Waals surface area contributed by atoms with Gasteiger partial charge in [-0.2, -0.15) is 0 Å². The second kappa shape index (κ2) is 7.19. The van der Waals surface area contributed by atoms with Crippen molar-refractivity contribution in [3.63, 3.8) is 0 Å². The third kappa shape index (κ3) is 3.49. The number of aryl methyl sites for hydroxylation is 1. The lowest BCUT2D eigenvalue weighted by Gasteiger charge is -2.31. The highest BCUT2D eigenvalue weighted by atomic mass is 16.5. The van der Waals surface area contributed by atoms with E-state index in [1.54, 1.807) is 0 Å². The van der Waals surface area contributed by atoms with Gasteiger partial charge in [0.05, 0.1) is 29.8 Å². The molecule has 0 bridgehead atoms. The number of primary amides is 1. The van der Waals surface area contributed by atoms with Gasteiger partial charge in [0.25, 0.3) is 0 Å². The minimum absolute atomic E-state index is 0.142. The first-order chi connectivity index (χ1) is 12.0. The maximum Gasteiger partial charge on any atom is 0.340 e. The summed E-state index contributed by atoms with van der Waals surface area (Å²) >= 11 is 0. The summed E-state index contributed by atoms with van der Waals surface area (Å²) in [5.41, 5.74) is 8.39. The Hall–Kier alpha value is -2.47. The molecule has 2 heterocycles. The van der Waals surface area contributed by atoms with Crippen molar-refractivity contribution >= 4 is 22.8 Å². The quantitative estimate of drug-likeness (QED) is 0.860. The number of carbonyl (C=O) groups excluding carboxylic acids is 2. The summed E-state index contributed by atoms with van der Waals surface area (Å²) < 4.78 is 4.98. The van der Waals surface area contributed by atoms with Gasteiger partial charge in [0.1, 0.15) is 0 Å². The van der Waals surface area contributed by atoms with Crippen LogP contribution in [0.15, 0.2) is 24.3 Å². The molecular formula is C19H23N3O3. The summed E-state index contributed by atoms with van der Waals surface area (Å²) in [5.74, 6) is -0.786. The molecule has 1 fully saturated rings. The lowest BCUT2D eigenvalue weighted by atomic mass is 9.96. The van der Waals surface area contributed by atoms with E-state index >= 15 is 0 Å². The van der Waals surface area contributed by atoms with Crippen LogP contribution in [0.4, 0.5) is 0 Å². The summed E-state index contributed by atoms with van der Waals surface area (Å²) in [4.78, 5) is 30.7. The van der Waals surface area contributed by atoms with Crippen LogP contribution in [0.2, 0.25) is 0 Å². The first-order valence-electron chi connectivity index (χ1n) is 8.49. The van der Waals surface area contributed by atoms with Gasteiger partial charge in [0.15, 0.2) is 0 Å². The van der Waals surface area contributed by atoms with Crippen molar-refractivity contribution in [1.82, 2.24) is 9.88 Å². The lowest BCUT2D eigenvalue weighted by Crippen LogP contribution is -2.41. The number of fused-ring (bicyclic) bond motifs is 1. The molecule has 132 valence electrons. The van der Waals surface area contributed by atoms with E-state index in [1.165, 1.54) is 7.11 Å². The molecular weight excluding hydrogens is 318 g/mol. The van der Waals surface area contributed by atoms with Crippen LogP contribution < -0.4 is 5.73 Å². The summed E-state index contributed by atoms with van der Waals surface area (Å²) in [5, 5.41) is 0.945. The molecule has 1 atom stereocenters. The number of esters is 1. The summed E-state index contributed by atoms with van der Waals surface area (Å²) in [6.07, 6.45) is 1.73. The predicted octanol–water partition coefficient (Wildman–Crippen LogP) is 2.03. The molecule has 1 amide bonds. The van der Waals surface area contributed by atoms with Gasteiger partial charge in [-0.15, -0.1) is 0 Å². The number of nitrogens with zero attached hydrogens (tertiary/aromatic N) is 2. The van der Waals surface area contributed by atoms with Crippen LogP contribution in [-0.2, 0) is 16.1 Å². The van der Waals surface area contributed by atoms with Gasteiger partial charge in [0.2, 0.25) is 5.91 Å². The van der Waals surface area contributed by atoms with Crippen molar-refractivity contribution in [1.29, 1.82) is 0 Å². The van der Waals surface area contributed by atoms with Crippen molar-refractivity contribution in [2.75, 3.05) is 20.2 Å². The van der Waals surface area contributed by atoms with Crippen LogP contribution in [0.25, 0.3) is 10.9 Å². The fourth-order valence-electron chi connectivity index (χ4n) is 3.57. The Morgan fingerprint density at radius 1 is 1.36 bits per heavy atom. The number of amides is 1. The number of nitrogens with two attached hydrogens (primary N) is 1. The number of benzene rings is 1. The fraction of sp³-hybridized carbons (Fsp3) is 0.421. The molecule has 1 saturated heterocycles. The second-order valence-corrected chi connectivity index (χ2v) is 6.54. The Morgan fingerprint density at radius 2 is 2.12 bits per heavy atom. The lowest BCUT2D eigenvalue weighted by molar-refractivity contribution is -0.123. The van der Waals surface area contributed by atoms with Crippen molar-refractivity contribution < 1.29 is 14.3 Å². The zero-order chi connectivity index (χ0) is 18.0. The molecule has 6 nitrogen and oxygen atoms in total. The second-order valence-electron chi connectivity index (χ2n) is 6.54. The molecule has 1 aliphatic rings. The Kier molecular flexibility index (Phi) is 4.99. The van der Waals surface area contributed by atoms with Crippen molar-refractivity contribution in [3.05, 3.63) is 41.1 Å². The van der Waals surface area contributed by atoms with Gasteiger partial charge >= 0.3 is 5.97 Å². The number of likely N-dealkylation sites (tertiary alicyclic amines) is 1. The van der Waals surface area contributed by atoms with E-state index in [-0.39, 0.29) is 17.8 Å². The number of pyridine rings is 1. The van der Waals surface area contributed by atoms with Crippen LogP contribution in [-0.4, -0.2) is 42.0 Å². The molecule has 6 heteroatoms. The molecule has 0 saturated carbocycles. The molecule has 0 aliphatic carbocycles. The zero-order valence-corrected chi connectivity index (χ0v) is 14.6. The molecule has 1 aliphatic heterocycles. The molecule has 1 aromatic carbocycles. The molecule has 0 unspecified atom stereocenters. The van der Waals surface area contributed by atoms with Gasteiger partial charge in [-0.1, -0.05) is 18.2 Å². The SMILES string of the molecule is COC(=O)c1c(CN2CCC[C@H](C(N)=O)C2)nc2ccccc2c1C. The Bertz CT molecular complexity index is 819. The highest BCUT2D eigenvalue weighted by molar-refractivity contribution is 5.98. The van der Waals surface area contributed by atoms with Crippen LogP contribution in [0.1, 0.15) is 34.5 Å². The molecule has 25 heavy (non-hydrogen) atoms. The van der Waals surface area contributed by atoms with E-state index in [0.717, 1.165) is 35.9 Å². The normalized spacial score (nSPS) is 18.2. The van der Waals surface area contributed by atoms with E-state index in [4.69, 9.17) is 15.5 Å². The maximum absolute atomic E-state index is 12.4. The van der Waals surface area contributed by atoms with Crippen LogP contribution in [0.5, 0.6) is 0 Å².